The van der Waals surface area contributed by atoms with Crippen molar-refractivity contribution in [3.8, 4) is 16.9 Å². The summed E-state index contributed by atoms with van der Waals surface area (Å²) in [5, 5.41) is 13.6. The van der Waals surface area contributed by atoms with E-state index in [4.69, 9.17) is 0 Å². The van der Waals surface area contributed by atoms with Gasteiger partial charge in [-0.2, -0.15) is 13.2 Å². The van der Waals surface area contributed by atoms with Crippen LogP contribution in [-0.4, -0.2) is 5.11 Å². The van der Waals surface area contributed by atoms with Gasteiger partial charge in [0.1, 0.15) is 5.75 Å². The molecule has 1 N–H and O–H groups in total. The fraction of sp³-hybridized carbons (Fsp3) is 0.381. The van der Waals surface area contributed by atoms with Crippen molar-refractivity contribution in [3.05, 3.63) is 123 Å². The minimum Gasteiger partial charge on any atom is -0.507 e. The third kappa shape index (κ3) is 7.27. The summed E-state index contributed by atoms with van der Waals surface area (Å²) in [6.07, 6.45) is 16.3. The first kappa shape index (κ1) is 32.2. The monoisotopic (exact) mass is 622 g/mol. The fourth-order valence-electron chi connectivity index (χ4n) is 7.78. The summed E-state index contributed by atoms with van der Waals surface area (Å²) in [7, 11) is 0. The Morgan fingerprint density at radius 2 is 1.57 bits per heavy atom. The van der Waals surface area contributed by atoms with E-state index in [0.29, 0.717) is 11.1 Å². The Balaban J connectivity index is 1.37. The minimum absolute atomic E-state index is 0.0161. The number of aromatic hydroxyl groups is 1. The molecule has 3 aliphatic rings. The first-order valence-corrected chi connectivity index (χ1v) is 17.0. The molecular formula is C42H45F3O. The zero-order valence-electron chi connectivity index (χ0n) is 27.1. The Hall–Kier alpha value is -3.79. The molecule has 2 unspecified atom stereocenters. The largest absolute Gasteiger partial charge is 0.507 e. The number of fused-ring (bicyclic) bond motifs is 1. The van der Waals surface area contributed by atoms with Gasteiger partial charge in [-0.05, 0) is 102 Å². The van der Waals surface area contributed by atoms with E-state index in [2.05, 4.69) is 38.2 Å². The Morgan fingerprint density at radius 3 is 2.33 bits per heavy atom. The van der Waals surface area contributed by atoms with Crippen LogP contribution in [0, 0.1) is 11.8 Å². The fourth-order valence-corrected chi connectivity index (χ4v) is 7.78. The van der Waals surface area contributed by atoms with Crippen molar-refractivity contribution >= 4 is 11.6 Å². The molecule has 3 aromatic rings. The quantitative estimate of drug-likeness (QED) is 0.260. The van der Waals surface area contributed by atoms with Gasteiger partial charge in [0.25, 0.3) is 0 Å². The number of hydrogen-bond donors (Lipinski definition) is 1. The van der Waals surface area contributed by atoms with Crippen LogP contribution >= 0.6 is 0 Å². The molecule has 2 atom stereocenters. The van der Waals surface area contributed by atoms with E-state index in [1.54, 1.807) is 11.6 Å². The van der Waals surface area contributed by atoms with Gasteiger partial charge in [-0.15, -0.1) is 0 Å². The van der Waals surface area contributed by atoms with Crippen LogP contribution in [0.1, 0.15) is 94.7 Å². The Bertz CT molecular complexity index is 1790. The van der Waals surface area contributed by atoms with E-state index in [1.165, 1.54) is 61.8 Å². The molecule has 6 rings (SSSR count). The summed E-state index contributed by atoms with van der Waals surface area (Å²) in [6.45, 7) is 4.46. The maximum Gasteiger partial charge on any atom is 0.416 e. The summed E-state index contributed by atoms with van der Waals surface area (Å²) in [5.74, 6) is 1.72. The van der Waals surface area contributed by atoms with E-state index in [0.717, 1.165) is 65.2 Å². The molecule has 240 valence electrons. The maximum atomic E-state index is 14.1. The van der Waals surface area contributed by atoms with Crippen LogP contribution in [0.2, 0.25) is 0 Å². The highest BCUT2D eigenvalue weighted by atomic mass is 19.4. The van der Waals surface area contributed by atoms with Crippen molar-refractivity contribution < 1.29 is 18.3 Å². The SMILES string of the molecule is CC1=c2c(Cc3ccccc3C(F)(F)F)c(O)c(-c3ccccc3)cc2=CCC=C1CC1=CC=C(CC2CCCC(C)CC2)CC1. The predicted molar refractivity (Wildman–Crippen MR) is 184 cm³/mol. The van der Waals surface area contributed by atoms with E-state index in [9.17, 15) is 18.3 Å². The molecule has 0 amide bonds. The van der Waals surface area contributed by atoms with E-state index < -0.39 is 11.7 Å². The number of allylic oxidation sites excluding steroid dienone is 6. The molecule has 1 fully saturated rings. The van der Waals surface area contributed by atoms with Crippen molar-refractivity contribution in [2.45, 2.75) is 90.7 Å². The first-order chi connectivity index (χ1) is 22.2. The van der Waals surface area contributed by atoms with Gasteiger partial charge >= 0.3 is 6.18 Å². The lowest BCUT2D eigenvalue weighted by Gasteiger charge is -2.21. The third-order valence-electron chi connectivity index (χ3n) is 10.4. The molecule has 0 bridgehead atoms. The van der Waals surface area contributed by atoms with Gasteiger partial charge in [0.05, 0.1) is 5.56 Å². The molecule has 0 saturated heterocycles. The Labute approximate surface area is 271 Å². The van der Waals surface area contributed by atoms with Crippen molar-refractivity contribution in [2.24, 2.45) is 11.8 Å². The highest BCUT2D eigenvalue weighted by Gasteiger charge is 2.33. The average Bonchev–Trinajstić information content (AvgIpc) is 3.34. The van der Waals surface area contributed by atoms with Crippen LogP contribution in [0.25, 0.3) is 22.8 Å². The number of phenolic OH excluding ortho intramolecular Hbond substituents is 1. The molecule has 1 nitrogen and oxygen atoms in total. The van der Waals surface area contributed by atoms with E-state index >= 15 is 0 Å². The number of benzene rings is 3. The molecule has 0 radical (unpaired) electrons. The molecule has 3 aliphatic carbocycles. The molecule has 0 aromatic heterocycles. The van der Waals surface area contributed by atoms with Crippen molar-refractivity contribution in [3.63, 3.8) is 0 Å². The number of phenols is 1. The van der Waals surface area contributed by atoms with Crippen LogP contribution in [0.4, 0.5) is 13.2 Å². The molecule has 1 saturated carbocycles. The lowest BCUT2D eigenvalue weighted by atomic mass is 9.85. The first-order valence-electron chi connectivity index (χ1n) is 17.0. The summed E-state index contributed by atoms with van der Waals surface area (Å²) < 4.78 is 42.3. The Kier molecular flexibility index (Phi) is 9.73. The second kappa shape index (κ2) is 13.9. The van der Waals surface area contributed by atoms with Gasteiger partial charge in [0.2, 0.25) is 0 Å². The van der Waals surface area contributed by atoms with Gasteiger partial charge in [0, 0.05) is 17.5 Å². The van der Waals surface area contributed by atoms with E-state index in [-0.39, 0.29) is 17.7 Å². The lowest BCUT2D eigenvalue weighted by molar-refractivity contribution is -0.138. The minimum atomic E-state index is -4.48. The van der Waals surface area contributed by atoms with Gasteiger partial charge < -0.3 is 5.11 Å². The van der Waals surface area contributed by atoms with Crippen LogP contribution in [0.15, 0.2) is 95.6 Å². The standard InChI is InChI=1S/C42H45F3O/c1-28-10-8-11-30(19-18-28)24-31-20-22-32(23-21-31)25-34-15-9-16-36-27-37(33-12-4-3-5-13-33)41(46)38(40(36)29(34)2)26-35-14-6-7-17-39(35)42(43,44)45/h3-7,12-17,20,22,27-28,30,46H,8-11,18-19,21,23-26H2,1-2H3. The summed E-state index contributed by atoms with van der Waals surface area (Å²) in [4.78, 5) is 0. The molecule has 0 aliphatic heterocycles. The second-order valence-corrected chi connectivity index (χ2v) is 13.7. The van der Waals surface area contributed by atoms with Crippen LogP contribution < -0.4 is 10.4 Å². The topological polar surface area (TPSA) is 20.2 Å². The summed E-state index contributed by atoms with van der Waals surface area (Å²) in [5.41, 5.74) is 6.71. The summed E-state index contributed by atoms with van der Waals surface area (Å²) in [6, 6.07) is 17.3. The predicted octanol–water partition coefficient (Wildman–Crippen LogP) is 10.6. The third-order valence-corrected chi connectivity index (χ3v) is 10.4. The van der Waals surface area contributed by atoms with Gasteiger partial charge in [-0.25, -0.2) is 0 Å². The highest BCUT2D eigenvalue weighted by molar-refractivity contribution is 5.76. The zero-order valence-corrected chi connectivity index (χ0v) is 27.1. The van der Waals surface area contributed by atoms with Gasteiger partial charge in [-0.3, -0.25) is 0 Å². The van der Waals surface area contributed by atoms with Gasteiger partial charge in [-0.1, -0.05) is 117 Å². The number of rotatable bonds is 7. The lowest BCUT2D eigenvalue weighted by Crippen LogP contribution is -2.31. The van der Waals surface area contributed by atoms with E-state index in [1.807, 2.05) is 36.4 Å². The molecular weight excluding hydrogens is 577 g/mol. The van der Waals surface area contributed by atoms with Gasteiger partial charge in [0.15, 0.2) is 0 Å². The van der Waals surface area contributed by atoms with Crippen molar-refractivity contribution in [1.82, 2.24) is 0 Å². The number of halogens is 3. The van der Waals surface area contributed by atoms with Crippen molar-refractivity contribution in [2.75, 3.05) is 0 Å². The van der Waals surface area contributed by atoms with Crippen LogP contribution in [-0.2, 0) is 12.6 Å². The summed E-state index contributed by atoms with van der Waals surface area (Å²) >= 11 is 0. The highest BCUT2D eigenvalue weighted by Crippen LogP contribution is 2.38. The average molecular weight is 623 g/mol. The number of alkyl halides is 3. The normalized spacial score (nSPS) is 20.5. The maximum absolute atomic E-state index is 14.1. The number of hydrogen-bond acceptors (Lipinski definition) is 1. The zero-order chi connectivity index (χ0) is 32.3. The molecule has 4 heteroatoms. The Morgan fingerprint density at radius 1 is 0.826 bits per heavy atom. The second-order valence-electron chi connectivity index (χ2n) is 13.7. The smallest absolute Gasteiger partial charge is 0.416 e. The van der Waals surface area contributed by atoms with Crippen molar-refractivity contribution in [1.29, 1.82) is 0 Å². The molecule has 0 spiro atoms. The molecule has 3 aromatic carbocycles. The molecule has 0 heterocycles. The molecule has 46 heavy (non-hydrogen) atoms. The van der Waals surface area contributed by atoms with Crippen LogP contribution in [0.5, 0.6) is 5.75 Å². The van der Waals surface area contributed by atoms with Crippen LogP contribution in [0.3, 0.4) is 0 Å².